The lowest BCUT2D eigenvalue weighted by Crippen LogP contribution is -2.28. The Morgan fingerprint density at radius 3 is 2.72 bits per heavy atom. The van der Waals surface area contributed by atoms with Crippen LogP contribution in [0.4, 0.5) is 0 Å². The highest BCUT2D eigenvalue weighted by Crippen LogP contribution is 2.24. The van der Waals surface area contributed by atoms with Crippen LogP contribution in [0.5, 0.6) is 0 Å². The second-order valence-electron chi connectivity index (χ2n) is 4.25. The predicted molar refractivity (Wildman–Crippen MR) is 65.9 cm³/mol. The number of hydrogen-bond donors (Lipinski definition) is 0. The zero-order chi connectivity index (χ0) is 12.8. The van der Waals surface area contributed by atoms with Gasteiger partial charge in [-0.05, 0) is 24.8 Å². The van der Waals surface area contributed by atoms with Crippen molar-refractivity contribution in [1.29, 1.82) is 0 Å². The van der Waals surface area contributed by atoms with Gasteiger partial charge in [-0.1, -0.05) is 30.3 Å². The van der Waals surface area contributed by atoms with Gasteiger partial charge in [-0.3, -0.25) is 0 Å². The Morgan fingerprint density at radius 1 is 1.33 bits per heavy atom. The van der Waals surface area contributed by atoms with Crippen LogP contribution >= 0.6 is 0 Å². The predicted octanol–water partition coefficient (Wildman–Crippen LogP) is 2.44. The summed E-state index contributed by atoms with van der Waals surface area (Å²) in [7, 11) is 1.36. The molecule has 1 fully saturated rings. The topological polar surface area (TPSA) is 44.8 Å². The van der Waals surface area contributed by atoms with Crippen molar-refractivity contribution in [3.8, 4) is 0 Å². The SMILES string of the molecule is COC(=O)[C@H](O[C@@H]1CCCCO1)c1ccccc1. The van der Waals surface area contributed by atoms with E-state index < -0.39 is 12.1 Å². The molecule has 1 aliphatic rings. The van der Waals surface area contributed by atoms with Crippen molar-refractivity contribution in [1.82, 2.24) is 0 Å². The van der Waals surface area contributed by atoms with Crippen LogP contribution in [-0.2, 0) is 19.0 Å². The van der Waals surface area contributed by atoms with Crippen molar-refractivity contribution in [3.63, 3.8) is 0 Å². The van der Waals surface area contributed by atoms with Crippen molar-refractivity contribution >= 4 is 5.97 Å². The molecule has 1 aliphatic heterocycles. The Kier molecular flexibility index (Phi) is 4.73. The van der Waals surface area contributed by atoms with Crippen molar-refractivity contribution in [2.24, 2.45) is 0 Å². The molecule has 0 amide bonds. The molecule has 1 heterocycles. The number of ether oxygens (including phenoxy) is 3. The maximum atomic E-state index is 11.8. The maximum Gasteiger partial charge on any atom is 0.339 e. The first-order valence-corrected chi connectivity index (χ1v) is 6.21. The molecule has 1 aromatic rings. The van der Waals surface area contributed by atoms with E-state index in [1.807, 2.05) is 30.3 Å². The number of carbonyl (C=O) groups excluding carboxylic acids is 1. The number of carbonyl (C=O) groups is 1. The normalized spacial score (nSPS) is 21.3. The van der Waals surface area contributed by atoms with Gasteiger partial charge < -0.3 is 14.2 Å². The molecule has 0 spiro atoms. The molecule has 1 aromatic carbocycles. The highest BCUT2D eigenvalue weighted by Gasteiger charge is 2.27. The molecule has 0 N–H and O–H groups in total. The molecule has 0 unspecified atom stereocenters. The second-order valence-corrected chi connectivity index (χ2v) is 4.25. The molecular weight excluding hydrogens is 232 g/mol. The zero-order valence-corrected chi connectivity index (χ0v) is 10.5. The Bertz CT molecular complexity index is 371. The third-order valence-electron chi connectivity index (χ3n) is 2.94. The molecule has 0 bridgehead atoms. The standard InChI is InChI=1S/C14H18O4/c1-16-14(15)13(11-7-3-2-4-8-11)18-12-9-5-6-10-17-12/h2-4,7-8,12-13H,5-6,9-10H2,1H3/t12-,13-/m1/s1. The third-order valence-corrected chi connectivity index (χ3v) is 2.94. The largest absolute Gasteiger partial charge is 0.467 e. The fourth-order valence-corrected chi connectivity index (χ4v) is 1.98. The number of esters is 1. The Labute approximate surface area is 107 Å². The van der Waals surface area contributed by atoms with Crippen LogP contribution in [0.2, 0.25) is 0 Å². The molecule has 0 radical (unpaired) electrons. The Morgan fingerprint density at radius 2 is 2.11 bits per heavy atom. The van der Waals surface area contributed by atoms with Gasteiger partial charge in [0.1, 0.15) is 0 Å². The van der Waals surface area contributed by atoms with Crippen molar-refractivity contribution in [3.05, 3.63) is 35.9 Å². The molecule has 1 saturated heterocycles. The summed E-state index contributed by atoms with van der Waals surface area (Å²) in [6, 6.07) is 9.34. The summed E-state index contributed by atoms with van der Waals surface area (Å²) in [5.41, 5.74) is 0.790. The van der Waals surface area contributed by atoms with Gasteiger partial charge in [0.25, 0.3) is 0 Å². The molecule has 2 rings (SSSR count). The first-order valence-electron chi connectivity index (χ1n) is 6.21. The van der Waals surface area contributed by atoms with Crippen molar-refractivity contribution < 1.29 is 19.0 Å². The molecule has 18 heavy (non-hydrogen) atoms. The summed E-state index contributed by atoms with van der Waals surface area (Å²) in [4.78, 5) is 11.8. The van der Waals surface area contributed by atoms with E-state index in [9.17, 15) is 4.79 Å². The first kappa shape index (κ1) is 13.1. The lowest BCUT2D eigenvalue weighted by atomic mass is 10.1. The fourth-order valence-electron chi connectivity index (χ4n) is 1.98. The third kappa shape index (κ3) is 3.31. The van der Waals surface area contributed by atoms with E-state index in [2.05, 4.69) is 0 Å². The molecule has 0 saturated carbocycles. The summed E-state index contributed by atoms with van der Waals surface area (Å²) in [6.45, 7) is 0.688. The fraction of sp³-hybridized carbons (Fsp3) is 0.500. The number of benzene rings is 1. The van der Waals surface area contributed by atoms with Gasteiger partial charge in [0.15, 0.2) is 12.4 Å². The molecule has 4 heteroatoms. The Balaban J connectivity index is 2.07. The second kappa shape index (κ2) is 6.52. The zero-order valence-electron chi connectivity index (χ0n) is 10.5. The van der Waals surface area contributed by atoms with E-state index >= 15 is 0 Å². The minimum atomic E-state index is -0.709. The van der Waals surface area contributed by atoms with Crippen LogP contribution in [0.25, 0.3) is 0 Å². The van der Waals surface area contributed by atoms with Crippen LogP contribution in [0.1, 0.15) is 30.9 Å². The van der Waals surface area contributed by atoms with Crippen LogP contribution in [0, 0.1) is 0 Å². The Hall–Kier alpha value is -1.39. The number of rotatable bonds is 4. The van der Waals surface area contributed by atoms with E-state index in [1.165, 1.54) is 7.11 Å². The van der Waals surface area contributed by atoms with E-state index in [1.54, 1.807) is 0 Å². The van der Waals surface area contributed by atoms with Gasteiger partial charge >= 0.3 is 5.97 Å². The van der Waals surface area contributed by atoms with E-state index in [-0.39, 0.29) is 6.29 Å². The minimum Gasteiger partial charge on any atom is -0.467 e. The summed E-state index contributed by atoms with van der Waals surface area (Å²) in [5.74, 6) is -0.393. The summed E-state index contributed by atoms with van der Waals surface area (Å²) in [6.07, 6.45) is 1.91. The van der Waals surface area contributed by atoms with Gasteiger partial charge in [-0.25, -0.2) is 4.79 Å². The monoisotopic (exact) mass is 250 g/mol. The van der Waals surface area contributed by atoms with Crippen LogP contribution in [0.3, 0.4) is 0 Å². The van der Waals surface area contributed by atoms with Crippen LogP contribution in [0.15, 0.2) is 30.3 Å². The summed E-state index contributed by atoms with van der Waals surface area (Å²) >= 11 is 0. The maximum absolute atomic E-state index is 11.8. The van der Waals surface area contributed by atoms with Gasteiger partial charge in [0.2, 0.25) is 0 Å². The van der Waals surface area contributed by atoms with Gasteiger partial charge in [-0.2, -0.15) is 0 Å². The van der Waals surface area contributed by atoms with Crippen LogP contribution < -0.4 is 0 Å². The van der Waals surface area contributed by atoms with Gasteiger partial charge in [-0.15, -0.1) is 0 Å². The summed E-state index contributed by atoms with van der Waals surface area (Å²) in [5, 5.41) is 0. The van der Waals surface area contributed by atoms with Gasteiger partial charge in [0.05, 0.1) is 7.11 Å². The highest BCUT2D eigenvalue weighted by atomic mass is 16.7. The number of hydrogen-bond acceptors (Lipinski definition) is 4. The van der Waals surface area contributed by atoms with E-state index in [0.29, 0.717) is 6.61 Å². The molecule has 0 aromatic heterocycles. The molecular formula is C14H18O4. The van der Waals surface area contributed by atoms with Crippen molar-refractivity contribution in [2.75, 3.05) is 13.7 Å². The lowest BCUT2D eigenvalue weighted by Gasteiger charge is -2.26. The minimum absolute atomic E-state index is 0.317. The van der Waals surface area contributed by atoms with E-state index in [0.717, 1.165) is 24.8 Å². The average molecular weight is 250 g/mol. The van der Waals surface area contributed by atoms with Crippen LogP contribution in [-0.4, -0.2) is 26.0 Å². The van der Waals surface area contributed by atoms with Gasteiger partial charge in [0, 0.05) is 6.61 Å². The summed E-state index contributed by atoms with van der Waals surface area (Å²) < 4.78 is 16.0. The highest BCUT2D eigenvalue weighted by molar-refractivity contribution is 5.76. The van der Waals surface area contributed by atoms with Crippen molar-refractivity contribution in [2.45, 2.75) is 31.7 Å². The average Bonchev–Trinajstić information content (AvgIpc) is 2.46. The van der Waals surface area contributed by atoms with E-state index in [4.69, 9.17) is 14.2 Å². The first-order chi connectivity index (χ1) is 8.81. The number of methoxy groups -OCH3 is 1. The molecule has 4 nitrogen and oxygen atoms in total. The molecule has 0 aliphatic carbocycles. The molecule has 2 atom stereocenters. The molecule has 98 valence electrons. The smallest absolute Gasteiger partial charge is 0.339 e. The lowest BCUT2D eigenvalue weighted by molar-refractivity contribution is -0.204. The quantitative estimate of drug-likeness (QED) is 0.770.